The lowest BCUT2D eigenvalue weighted by molar-refractivity contribution is 1.64. The first-order chi connectivity index (χ1) is 6.27. The maximum atomic E-state index is 6.09. The molecule has 1 aromatic heterocycles. The molecule has 1 heterocycles. The molecule has 0 unspecified atom stereocenters. The summed E-state index contributed by atoms with van der Waals surface area (Å²) in [6.45, 7) is 2.07. The van der Waals surface area contributed by atoms with Crippen molar-refractivity contribution in [2.75, 3.05) is 0 Å². The maximum absolute atomic E-state index is 6.09. The van der Waals surface area contributed by atoms with Crippen LogP contribution in [0.15, 0.2) is 36.4 Å². The van der Waals surface area contributed by atoms with Crippen molar-refractivity contribution in [2.24, 2.45) is 0 Å². The van der Waals surface area contributed by atoms with E-state index in [1.165, 1.54) is 15.3 Å². The number of hydrogen-bond donors (Lipinski definition) is 0. The second kappa shape index (κ2) is 3.52. The van der Waals surface area contributed by atoms with Crippen LogP contribution < -0.4 is 0 Å². The molecule has 0 spiro atoms. The van der Waals surface area contributed by atoms with Gasteiger partial charge in [0, 0.05) is 4.88 Å². The van der Waals surface area contributed by atoms with Crippen LogP contribution in [0.25, 0.3) is 10.4 Å². The molecule has 0 aliphatic rings. The molecule has 66 valence electrons. The smallest absolute Gasteiger partial charge is 0.0595 e. The van der Waals surface area contributed by atoms with Crippen LogP contribution >= 0.6 is 22.9 Å². The van der Waals surface area contributed by atoms with Gasteiger partial charge in [0.25, 0.3) is 0 Å². The molecule has 1 aromatic carbocycles. The first-order valence-electron chi connectivity index (χ1n) is 4.09. The van der Waals surface area contributed by atoms with Gasteiger partial charge in [-0.1, -0.05) is 41.9 Å². The van der Waals surface area contributed by atoms with Crippen molar-refractivity contribution in [1.82, 2.24) is 0 Å². The Bertz CT molecular complexity index is 403. The van der Waals surface area contributed by atoms with E-state index >= 15 is 0 Å². The van der Waals surface area contributed by atoms with Crippen LogP contribution in [-0.4, -0.2) is 0 Å². The monoisotopic (exact) mass is 208 g/mol. The van der Waals surface area contributed by atoms with Crippen molar-refractivity contribution in [1.29, 1.82) is 0 Å². The SMILES string of the molecule is Cc1cc(Cl)c(-c2ccccc2)s1. The average Bonchev–Trinajstić information content (AvgIpc) is 2.47. The molecule has 0 bridgehead atoms. The Labute approximate surface area is 86.8 Å². The fourth-order valence-electron chi connectivity index (χ4n) is 1.27. The van der Waals surface area contributed by atoms with Gasteiger partial charge in [-0.05, 0) is 18.6 Å². The van der Waals surface area contributed by atoms with Crippen LogP contribution in [0.5, 0.6) is 0 Å². The van der Waals surface area contributed by atoms with Gasteiger partial charge in [-0.2, -0.15) is 0 Å². The highest BCUT2D eigenvalue weighted by Gasteiger charge is 2.05. The number of benzene rings is 1. The van der Waals surface area contributed by atoms with Crippen LogP contribution in [-0.2, 0) is 0 Å². The van der Waals surface area contributed by atoms with Crippen molar-refractivity contribution >= 4 is 22.9 Å². The van der Waals surface area contributed by atoms with Crippen LogP contribution in [0, 0.1) is 6.92 Å². The minimum absolute atomic E-state index is 0.855. The topological polar surface area (TPSA) is 0 Å². The summed E-state index contributed by atoms with van der Waals surface area (Å²) < 4.78 is 0. The summed E-state index contributed by atoms with van der Waals surface area (Å²) in [6, 6.07) is 12.2. The fraction of sp³-hybridized carbons (Fsp3) is 0.0909. The molecule has 0 aliphatic heterocycles. The van der Waals surface area contributed by atoms with Crippen molar-refractivity contribution in [2.45, 2.75) is 6.92 Å². The molecule has 0 saturated carbocycles. The Morgan fingerprint density at radius 2 is 1.85 bits per heavy atom. The van der Waals surface area contributed by atoms with Crippen LogP contribution in [0.1, 0.15) is 4.88 Å². The summed E-state index contributed by atoms with van der Waals surface area (Å²) in [5.74, 6) is 0. The first-order valence-corrected chi connectivity index (χ1v) is 5.28. The number of thiophene rings is 1. The van der Waals surface area contributed by atoms with E-state index in [4.69, 9.17) is 11.6 Å². The van der Waals surface area contributed by atoms with E-state index in [1.807, 2.05) is 24.3 Å². The van der Waals surface area contributed by atoms with Gasteiger partial charge in [-0.3, -0.25) is 0 Å². The standard InChI is InChI=1S/C11H9ClS/c1-8-7-10(12)11(13-8)9-5-3-2-4-6-9/h2-7H,1H3. The molecule has 2 heteroatoms. The van der Waals surface area contributed by atoms with Gasteiger partial charge in [-0.15, -0.1) is 11.3 Å². The zero-order valence-electron chi connectivity index (χ0n) is 7.25. The van der Waals surface area contributed by atoms with Gasteiger partial charge in [-0.25, -0.2) is 0 Å². The molecule has 0 atom stereocenters. The quantitative estimate of drug-likeness (QED) is 0.653. The van der Waals surface area contributed by atoms with Crippen molar-refractivity contribution in [3.8, 4) is 10.4 Å². The van der Waals surface area contributed by atoms with Crippen molar-refractivity contribution in [3.05, 3.63) is 46.3 Å². The van der Waals surface area contributed by atoms with Gasteiger partial charge in [0.15, 0.2) is 0 Å². The lowest BCUT2D eigenvalue weighted by Gasteiger charge is -1.96. The number of aryl methyl sites for hydroxylation is 1. The molecule has 0 radical (unpaired) electrons. The highest BCUT2D eigenvalue weighted by molar-refractivity contribution is 7.16. The van der Waals surface area contributed by atoms with Crippen LogP contribution in [0.4, 0.5) is 0 Å². The molecule has 2 rings (SSSR count). The second-order valence-corrected chi connectivity index (χ2v) is 4.56. The summed E-state index contributed by atoms with van der Waals surface area (Å²) in [6.07, 6.45) is 0. The number of rotatable bonds is 1. The fourth-order valence-corrected chi connectivity index (χ4v) is 2.63. The number of halogens is 1. The highest BCUT2D eigenvalue weighted by atomic mass is 35.5. The van der Waals surface area contributed by atoms with E-state index in [9.17, 15) is 0 Å². The summed E-state index contributed by atoms with van der Waals surface area (Å²) in [5.41, 5.74) is 1.20. The average molecular weight is 209 g/mol. The molecule has 0 nitrogen and oxygen atoms in total. The molecular weight excluding hydrogens is 200 g/mol. The highest BCUT2D eigenvalue weighted by Crippen LogP contribution is 2.35. The van der Waals surface area contributed by atoms with Gasteiger partial charge in [0.05, 0.1) is 9.90 Å². The Kier molecular flexibility index (Phi) is 2.38. The number of hydrogen-bond acceptors (Lipinski definition) is 1. The lowest BCUT2D eigenvalue weighted by Crippen LogP contribution is -1.69. The van der Waals surface area contributed by atoms with Crippen LogP contribution in [0.3, 0.4) is 0 Å². The predicted octanol–water partition coefficient (Wildman–Crippen LogP) is 4.38. The molecule has 2 aromatic rings. The Balaban J connectivity index is 2.53. The summed E-state index contributed by atoms with van der Waals surface area (Å²) in [7, 11) is 0. The van der Waals surface area contributed by atoms with E-state index in [2.05, 4.69) is 19.1 Å². The third kappa shape index (κ3) is 1.77. The zero-order valence-corrected chi connectivity index (χ0v) is 8.82. The Morgan fingerprint density at radius 1 is 1.15 bits per heavy atom. The minimum atomic E-state index is 0.855. The van der Waals surface area contributed by atoms with E-state index in [0.29, 0.717) is 0 Å². The maximum Gasteiger partial charge on any atom is 0.0595 e. The van der Waals surface area contributed by atoms with Crippen molar-refractivity contribution in [3.63, 3.8) is 0 Å². The zero-order chi connectivity index (χ0) is 9.26. The molecule has 13 heavy (non-hydrogen) atoms. The van der Waals surface area contributed by atoms with Crippen LogP contribution in [0.2, 0.25) is 5.02 Å². The summed E-state index contributed by atoms with van der Waals surface area (Å²) in [5, 5.41) is 0.855. The van der Waals surface area contributed by atoms with Gasteiger partial charge in [0.2, 0.25) is 0 Å². The lowest BCUT2D eigenvalue weighted by atomic mass is 10.2. The van der Waals surface area contributed by atoms with E-state index < -0.39 is 0 Å². The van der Waals surface area contributed by atoms with Crippen molar-refractivity contribution < 1.29 is 0 Å². The van der Waals surface area contributed by atoms with Gasteiger partial charge < -0.3 is 0 Å². The third-order valence-corrected chi connectivity index (χ3v) is 3.36. The normalized spacial score (nSPS) is 10.3. The van der Waals surface area contributed by atoms with E-state index in [-0.39, 0.29) is 0 Å². The second-order valence-electron chi connectivity index (χ2n) is 2.90. The Morgan fingerprint density at radius 3 is 2.38 bits per heavy atom. The molecule has 0 aliphatic carbocycles. The van der Waals surface area contributed by atoms with Gasteiger partial charge in [0.1, 0.15) is 0 Å². The first kappa shape index (κ1) is 8.79. The summed E-state index contributed by atoms with van der Waals surface area (Å²) >= 11 is 7.83. The molecule has 0 N–H and O–H groups in total. The van der Waals surface area contributed by atoms with E-state index in [0.717, 1.165) is 5.02 Å². The Hall–Kier alpha value is -0.790. The summed E-state index contributed by atoms with van der Waals surface area (Å²) in [4.78, 5) is 2.42. The third-order valence-electron chi connectivity index (χ3n) is 1.85. The molecule has 0 fully saturated rings. The molecule has 0 amide bonds. The van der Waals surface area contributed by atoms with E-state index in [1.54, 1.807) is 11.3 Å². The molecular formula is C11H9ClS. The minimum Gasteiger partial charge on any atom is -0.139 e. The predicted molar refractivity (Wildman–Crippen MR) is 59.5 cm³/mol. The largest absolute Gasteiger partial charge is 0.139 e. The molecule has 0 saturated heterocycles. The van der Waals surface area contributed by atoms with Gasteiger partial charge >= 0.3 is 0 Å².